The van der Waals surface area contributed by atoms with Gasteiger partial charge in [-0.25, -0.2) is 4.79 Å². The van der Waals surface area contributed by atoms with Gasteiger partial charge in [0.2, 0.25) is 11.8 Å². The summed E-state index contributed by atoms with van der Waals surface area (Å²) < 4.78 is 3.15. The summed E-state index contributed by atoms with van der Waals surface area (Å²) in [6, 6.07) is 5.40. The molecule has 5 rings (SSSR count). The number of nitrogens with one attached hydrogen (secondary N) is 2. The molecule has 3 saturated heterocycles. The lowest BCUT2D eigenvalue weighted by Gasteiger charge is -2.38. The van der Waals surface area contributed by atoms with Crippen molar-refractivity contribution in [3.8, 4) is 0 Å². The highest BCUT2D eigenvalue weighted by molar-refractivity contribution is 6.00. The van der Waals surface area contributed by atoms with Crippen LogP contribution in [0, 0.1) is 5.92 Å². The van der Waals surface area contributed by atoms with E-state index >= 15 is 0 Å². The number of imide groups is 1. The van der Waals surface area contributed by atoms with Crippen LogP contribution in [-0.2, 0) is 16.6 Å². The van der Waals surface area contributed by atoms with Crippen LogP contribution in [0.25, 0.3) is 11.0 Å². The lowest BCUT2D eigenvalue weighted by molar-refractivity contribution is -0.135. The van der Waals surface area contributed by atoms with Crippen molar-refractivity contribution in [2.24, 2.45) is 13.0 Å². The van der Waals surface area contributed by atoms with Gasteiger partial charge in [-0.15, -0.1) is 0 Å². The molecule has 1 aromatic heterocycles. The summed E-state index contributed by atoms with van der Waals surface area (Å²) in [6.07, 6.45) is 3.15. The molecule has 172 valence electrons. The molecule has 0 saturated carbocycles. The van der Waals surface area contributed by atoms with Gasteiger partial charge in [0.15, 0.2) is 0 Å². The normalized spacial score (nSPS) is 23.7. The van der Waals surface area contributed by atoms with Crippen LogP contribution in [-0.4, -0.2) is 71.7 Å². The molecule has 32 heavy (non-hydrogen) atoms. The monoisotopic (exact) mass is 440 g/mol. The number of piperidine rings is 2. The maximum atomic E-state index is 13.0. The van der Waals surface area contributed by atoms with Gasteiger partial charge in [0.25, 0.3) is 0 Å². The number of imidazole rings is 1. The fourth-order valence-corrected chi connectivity index (χ4v) is 5.40. The van der Waals surface area contributed by atoms with Crippen molar-refractivity contribution >= 4 is 28.5 Å². The standard InChI is InChI=1S/C23H32N6O3/c1-26-20-14-17(28-12-10-27(11-13-28)15-16-6-8-24-9-7-16)2-3-18(20)29(23(26)32)19-4-5-21(30)25-22(19)31/h2-3,14,16,19,24H,4-13,15H2,1H3,(H,25,30,31). The number of anilines is 1. The highest BCUT2D eigenvalue weighted by Crippen LogP contribution is 2.27. The van der Waals surface area contributed by atoms with Gasteiger partial charge in [0.05, 0.1) is 11.0 Å². The summed E-state index contributed by atoms with van der Waals surface area (Å²) in [5, 5.41) is 5.80. The van der Waals surface area contributed by atoms with Crippen molar-refractivity contribution in [3.05, 3.63) is 28.7 Å². The Bertz CT molecular complexity index is 1080. The molecule has 9 nitrogen and oxygen atoms in total. The molecule has 0 aliphatic carbocycles. The van der Waals surface area contributed by atoms with E-state index in [0.29, 0.717) is 6.42 Å². The molecule has 9 heteroatoms. The first-order valence-electron chi connectivity index (χ1n) is 11.7. The van der Waals surface area contributed by atoms with Crippen LogP contribution in [0.1, 0.15) is 31.7 Å². The fourth-order valence-electron chi connectivity index (χ4n) is 5.40. The smallest absolute Gasteiger partial charge is 0.329 e. The lowest BCUT2D eigenvalue weighted by atomic mass is 9.97. The molecular weight excluding hydrogens is 408 g/mol. The van der Waals surface area contributed by atoms with Gasteiger partial charge < -0.3 is 10.2 Å². The van der Waals surface area contributed by atoms with Crippen LogP contribution in [0.4, 0.5) is 5.69 Å². The van der Waals surface area contributed by atoms with Crippen LogP contribution in [0.3, 0.4) is 0 Å². The van der Waals surface area contributed by atoms with Crippen molar-refractivity contribution in [3.63, 3.8) is 0 Å². The number of hydrogen-bond acceptors (Lipinski definition) is 6. The van der Waals surface area contributed by atoms with Crippen LogP contribution in [0.2, 0.25) is 0 Å². The third-order valence-electron chi connectivity index (χ3n) is 7.31. The summed E-state index contributed by atoms with van der Waals surface area (Å²) in [4.78, 5) is 41.8. The molecule has 2 aromatic rings. The van der Waals surface area contributed by atoms with Gasteiger partial charge in [-0.2, -0.15) is 0 Å². The maximum absolute atomic E-state index is 13.0. The highest BCUT2D eigenvalue weighted by Gasteiger charge is 2.31. The third kappa shape index (κ3) is 3.95. The minimum absolute atomic E-state index is 0.224. The molecular formula is C23H32N6O3. The molecule has 2 amide bonds. The van der Waals surface area contributed by atoms with E-state index in [1.807, 2.05) is 12.1 Å². The Hall–Kier alpha value is -2.65. The van der Waals surface area contributed by atoms with Crippen molar-refractivity contribution in [2.45, 2.75) is 31.7 Å². The van der Waals surface area contributed by atoms with Gasteiger partial charge in [-0.1, -0.05) is 0 Å². The van der Waals surface area contributed by atoms with Crippen LogP contribution in [0.5, 0.6) is 0 Å². The zero-order valence-corrected chi connectivity index (χ0v) is 18.7. The van der Waals surface area contributed by atoms with E-state index in [1.165, 1.54) is 24.0 Å². The van der Waals surface area contributed by atoms with Crippen molar-refractivity contribution < 1.29 is 9.59 Å². The molecule has 0 bridgehead atoms. The number of benzene rings is 1. The van der Waals surface area contributed by atoms with E-state index in [0.717, 1.165) is 61.9 Å². The summed E-state index contributed by atoms with van der Waals surface area (Å²) in [5.41, 5.74) is 2.43. The number of aryl methyl sites for hydroxylation is 1. The largest absolute Gasteiger partial charge is 0.369 e. The Morgan fingerprint density at radius 3 is 2.44 bits per heavy atom. The third-order valence-corrected chi connectivity index (χ3v) is 7.31. The zero-order valence-electron chi connectivity index (χ0n) is 18.7. The molecule has 3 aliphatic heterocycles. The number of piperazine rings is 1. The second kappa shape index (κ2) is 8.71. The summed E-state index contributed by atoms with van der Waals surface area (Å²) in [7, 11) is 1.74. The van der Waals surface area contributed by atoms with Crippen LogP contribution in [0.15, 0.2) is 23.0 Å². The Morgan fingerprint density at radius 2 is 1.72 bits per heavy atom. The van der Waals surface area contributed by atoms with Gasteiger partial charge in [-0.3, -0.25) is 28.9 Å². The highest BCUT2D eigenvalue weighted by atomic mass is 16.2. The van der Waals surface area contributed by atoms with Gasteiger partial charge in [-0.05, 0) is 56.5 Å². The summed E-state index contributed by atoms with van der Waals surface area (Å²) >= 11 is 0. The van der Waals surface area contributed by atoms with E-state index in [2.05, 4.69) is 26.5 Å². The first-order chi connectivity index (χ1) is 15.5. The molecule has 1 unspecified atom stereocenters. The van der Waals surface area contributed by atoms with Crippen molar-refractivity contribution in [1.82, 2.24) is 24.7 Å². The second-order valence-electron chi connectivity index (χ2n) is 9.33. The Labute approximate surface area is 187 Å². The van der Waals surface area contributed by atoms with Gasteiger partial charge in [0, 0.05) is 51.9 Å². The molecule has 2 N–H and O–H groups in total. The first-order valence-corrected chi connectivity index (χ1v) is 11.7. The Morgan fingerprint density at radius 1 is 0.969 bits per heavy atom. The zero-order chi connectivity index (χ0) is 22.2. The molecule has 0 spiro atoms. The van der Waals surface area contributed by atoms with E-state index in [4.69, 9.17) is 0 Å². The van der Waals surface area contributed by atoms with Crippen LogP contribution < -0.4 is 21.2 Å². The number of fused-ring (bicyclic) bond motifs is 1. The maximum Gasteiger partial charge on any atom is 0.329 e. The average molecular weight is 441 g/mol. The fraction of sp³-hybridized carbons (Fsp3) is 0.609. The molecule has 1 atom stereocenters. The van der Waals surface area contributed by atoms with Crippen molar-refractivity contribution in [2.75, 3.05) is 50.7 Å². The van der Waals surface area contributed by atoms with Crippen molar-refractivity contribution in [1.29, 1.82) is 0 Å². The number of rotatable bonds is 4. The predicted octanol–water partition coefficient (Wildman–Crippen LogP) is 0.439. The van der Waals surface area contributed by atoms with Gasteiger partial charge in [0.1, 0.15) is 6.04 Å². The number of aromatic nitrogens is 2. The molecule has 4 heterocycles. The SMILES string of the molecule is Cn1c(=O)n(C2CCC(=O)NC2=O)c2ccc(N3CCN(CC4CCNCC4)CC3)cc21. The predicted molar refractivity (Wildman–Crippen MR) is 123 cm³/mol. The minimum atomic E-state index is -0.645. The summed E-state index contributed by atoms with van der Waals surface area (Å²) in [6.45, 7) is 7.52. The Balaban J connectivity index is 1.32. The second-order valence-corrected chi connectivity index (χ2v) is 9.33. The number of carbonyl (C=O) groups excluding carboxylic acids is 2. The summed E-state index contributed by atoms with van der Waals surface area (Å²) in [5.74, 6) is 0.131. The van der Waals surface area contributed by atoms with E-state index in [9.17, 15) is 14.4 Å². The molecule has 3 fully saturated rings. The number of hydrogen-bond donors (Lipinski definition) is 2. The Kier molecular flexibility index (Phi) is 5.77. The van der Waals surface area contributed by atoms with Gasteiger partial charge >= 0.3 is 5.69 Å². The van der Waals surface area contributed by atoms with E-state index in [-0.39, 0.29) is 18.0 Å². The molecule has 3 aliphatic rings. The first kappa shape index (κ1) is 21.2. The molecule has 1 aromatic carbocycles. The quantitative estimate of drug-likeness (QED) is 0.671. The minimum Gasteiger partial charge on any atom is -0.369 e. The topological polar surface area (TPSA) is 91.6 Å². The number of carbonyl (C=O) groups is 2. The van der Waals surface area contributed by atoms with E-state index in [1.54, 1.807) is 11.6 Å². The molecule has 0 radical (unpaired) electrons. The number of nitrogens with zero attached hydrogens (tertiary/aromatic N) is 4. The lowest BCUT2D eigenvalue weighted by Crippen LogP contribution is -2.48. The number of amides is 2. The van der Waals surface area contributed by atoms with E-state index < -0.39 is 11.9 Å². The van der Waals surface area contributed by atoms with Crippen LogP contribution >= 0.6 is 0 Å². The average Bonchev–Trinajstić information content (AvgIpc) is 3.05.